The molecule has 0 saturated heterocycles. The molecule has 1 radical (unpaired) electrons. The molecule has 3 heterocycles. The molecule has 9 heteroatoms. The number of hydrogen-bond donors (Lipinski definition) is 0. The third-order valence-electron chi connectivity index (χ3n) is 3.05. The number of pyridine rings is 1. The van der Waals surface area contributed by atoms with Crippen LogP contribution in [0, 0.1) is 24.0 Å². The van der Waals surface area contributed by atoms with E-state index < -0.39 is 11.9 Å². The van der Waals surface area contributed by atoms with Crippen molar-refractivity contribution in [3.8, 4) is 11.4 Å². The molecular weight excluding hydrogens is 530 g/mol. The predicted molar refractivity (Wildman–Crippen MR) is 88.9 cm³/mol. The van der Waals surface area contributed by atoms with Crippen molar-refractivity contribution in [1.82, 2.24) is 15.0 Å². The van der Waals surface area contributed by atoms with Crippen LogP contribution in [0.1, 0.15) is 0 Å². The summed E-state index contributed by atoms with van der Waals surface area (Å²) in [6.45, 7) is 0. The molecule has 4 rings (SSSR count). The number of aromatic nitrogens is 3. The summed E-state index contributed by atoms with van der Waals surface area (Å²) in [6.07, 6.45) is 4.88. The molecule has 27 heavy (non-hydrogen) atoms. The molecule has 1 aliphatic heterocycles. The van der Waals surface area contributed by atoms with Crippen molar-refractivity contribution in [3.05, 3.63) is 72.8 Å². The standard InChI is InChI=1S/C10H7N2.C8H5F2N4.Ir/c1-2-5-9(6-3-1)10-11-7-4-8-12-10;1-13-4-11-14(5-13)6-2-3-7(9)12-8(6)10;/h1-5,7-8H;3-4H,1H3;/q-1;+1;. The van der Waals surface area contributed by atoms with Crippen LogP contribution < -0.4 is 0 Å². The Hall–Kier alpha value is -2.99. The predicted octanol–water partition coefficient (Wildman–Crippen LogP) is 2.52. The normalized spacial score (nSPS) is 11.7. The number of hydrazone groups is 1. The molecule has 0 saturated carbocycles. The number of hydrogen-bond acceptors (Lipinski definition) is 4. The first kappa shape index (κ1) is 20.3. The van der Waals surface area contributed by atoms with E-state index in [2.05, 4.69) is 38.2 Å². The van der Waals surface area contributed by atoms with Crippen LogP contribution in [0.4, 0.5) is 14.5 Å². The number of nitrogens with zero attached hydrogens (tertiary/aromatic N) is 6. The van der Waals surface area contributed by atoms with E-state index in [0.29, 0.717) is 0 Å². The van der Waals surface area contributed by atoms with Gasteiger partial charge in [0.15, 0.2) is 11.6 Å². The molecule has 0 spiro atoms. The van der Waals surface area contributed by atoms with E-state index in [9.17, 15) is 8.78 Å². The molecule has 137 valence electrons. The van der Waals surface area contributed by atoms with Gasteiger partial charge in [-0.25, -0.2) is 0 Å². The van der Waals surface area contributed by atoms with E-state index in [1.807, 2.05) is 24.3 Å². The van der Waals surface area contributed by atoms with Gasteiger partial charge in [-0.3, -0.25) is 18.7 Å². The zero-order valence-electron chi connectivity index (χ0n) is 14.0. The van der Waals surface area contributed by atoms with Crippen LogP contribution in [0.15, 0.2) is 53.9 Å². The first-order valence-corrected chi connectivity index (χ1v) is 7.44. The Labute approximate surface area is 167 Å². The van der Waals surface area contributed by atoms with E-state index in [-0.39, 0.29) is 25.8 Å². The van der Waals surface area contributed by atoms with Gasteiger partial charge in [-0.2, -0.15) is 0 Å². The Balaban J connectivity index is 0.000000189. The first-order valence-electron chi connectivity index (χ1n) is 7.44. The van der Waals surface area contributed by atoms with E-state index in [1.54, 1.807) is 25.5 Å². The maximum Gasteiger partial charge on any atom is 0.420 e. The van der Waals surface area contributed by atoms with Gasteiger partial charge in [0, 0.05) is 32.5 Å². The summed E-state index contributed by atoms with van der Waals surface area (Å²) in [6, 6.07) is 18.5. The third kappa shape index (κ3) is 5.49. The number of benzene rings is 1. The van der Waals surface area contributed by atoms with Crippen LogP contribution >= 0.6 is 0 Å². The maximum atomic E-state index is 13.1. The van der Waals surface area contributed by atoms with Crippen LogP contribution in [0.2, 0.25) is 0 Å². The van der Waals surface area contributed by atoms with Crippen molar-refractivity contribution in [1.29, 1.82) is 0 Å². The van der Waals surface area contributed by atoms with Crippen molar-refractivity contribution in [2.75, 3.05) is 7.05 Å². The van der Waals surface area contributed by atoms with E-state index in [0.717, 1.165) is 22.1 Å². The van der Waals surface area contributed by atoms with Gasteiger partial charge in [0.2, 0.25) is 5.10 Å². The molecule has 0 unspecified atom stereocenters. The zero-order chi connectivity index (χ0) is 18.4. The van der Waals surface area contributed by atoms with Gasteiger partial charge >= 0.3 is 12.3 Å². The van der Waals surface area contributed by atoms with Crippen molar-refractivity contribution >= 4 is 18.0 Å². The Kier molecular flexibility index (Phi) is 7.25. The van der Waals surface area contributed by atoms with E-state index in [4.69, 9.17) is 0 Å². The minimum atomic E-state index is -0.968. The average Bonchev–Trinajstić information content (AvgIpc) is 3.10. The van der Waals surface area contributed by atoms with Gasteiger partial charge in [-0.05, 0) is 6.07 Å². The molecule has 0 fully saturated rings. The summed E-state index contributed by atoms with van der Waals surface area (Å²) in [7, 11) is 1.68. The molecular formula is C18H12F2IrN6. The molecule has 3 aromatic rings. The Morgan fingerprint density at radius 2 is 1.85 bits per heavy atom. The number of rotatable bonds is 2. The summed E-state index contributed by atoms with van der Waals surface area (Å²) in [5.41, 5.74) is 0.866. The second-order valence-corrected chi connectivity index (χ2v) is 4.96. The van der Waals surface area contributed by atoms with E-state index >= 15 is 0 Å². The fourth-order valence-corrected chi connectivity index (χ4v) is 1.92. The molecule has 2 aromatic heterocycles. The summed E-state index contributed by atoms with van der Waals surface area (Å²) in [4.78, 5) is 11.2. The summed E-state index contributed by atoms with van der Waals surface area (Å²) < 4.78 is 28.1. The van der Waals surface area contributed by atoms with Crippen LogP contribution in [0.5, 0.6) is 0 Å². The van der Waals surface area contributed by atoms with Gasteiger partial charge < -0.3 is 4.98 Å². The van der Waals surface area contributed by atoms with Gasteiger partial charge in [0.25, 0.3) is 0 Å². The molecule has 0 atom stereocenters. The molecule has 1 aliphatic rings. The van der Waals surface area contributed by atoms with Crippen molar-refractivity contribution in [2.24, 2.45) is 5.10 Å². The molecule has 1 aromatic carbocycles. The summed E-state index contributed by atoms with van der Waals surface area (Å²) >= 11 is 0. The Morgan fingerprint density at radius 3 is 2.44 bits per heavy atom. The fraction of sp³-hybridized carbons (Fsp3) is 0.0556. The minimum Gasteiger partial charge on any atom is -0.319 e. The maximum absolute atomic E-state index is 13.1. The fourth-order valence-electron chi connectivity index (χ4n) is 1.92. The minimum absolute atomic E-state index is 0. The SMILES string of the molecule is C[N+]1=C=[N+](c2[c-]cc(F)nc2F)N=C1.[Ir].[c-]1ccccc1-c1ncccn1. The zero-order valence-corrected chi connectivity index (χ0v) is 16.4. The molecule has 0 amide bonds. The van der Waals surface area contributed by atoms with Gasteiger partial charge in [-0.15, -0.1) is 52.6 Å². The van der Waals surface area contributed by atoms with E-state index in [1.165, 1.54) is 10.9 Å². The molecule has 0 aliphatic carbocycles. The summed E-state index contributed by atoms with van der Waals surface area (Å²) in [5.74, 6) is -1.16. The van der Waals surface area contributed by atoms with Crippen LogP contribution in [0.25, 0.3) is 11.4 Å². The molecule has 0 bridgehead atoms. The van der Waals surface area contributed by atoms with Gasteiger partial charge in [0.1, 0.15) is 7.05 Å². The smallest absolute Gasteiger partial charge is 0.319 e. The topological polar surface area (TPSA) is 57.0 Å². The van der Waals surface area contributed by atoms with Crippen molar-refractivity contribution in [2.45, 2.75) is 0 Å². The largest absolute Gasteiger partial charge is 0.420 e. The second-order valence-electron chi connectivity index (χ2n) is 4.96. The number of halogens is 2. The average molecular weight is 543 g/mol. The quantitative estimate of drug-likeness (QED) is 0.284. The van der Waals surface area contributed by atoms with Crippen molar-refractivity contribution < 1.29 is 38.1 Å². The van der Waals surface area contributed by atoms with Crippen LogP contribution in [-0.2, 0) is 20.1 Å². The third-order valence-corrected chi connectivity index (χ3v) is 3.05. The Bertz CT molecular complexity index is 965. The van der Waals surface area contributed by atoms with Gasteiger partial charge in [0.05, 0.1) is 16.5 Å². The van der Waals surface area contributed by atoms with Crippen LogP contribution in [0.3, 0.4) is 0 Å². The van der Waals surface area contributed by atoms with Gasteiger partial charge in [-0.1, -0.05) is 0 Å². The Morgan fingerprint density at radius 1 is 1.07 bits per heavy atom. The second kappa shape index (κ2) is 9.64. The first-order chi connectivity index (χ1) is 12.6. The monoisotopic (exact) mass is 543 g/mol. The molecule has 6 nitrogen and oxygen atoms in total. The molecule has 0 N–H and O–H groups in total. The van der Waals surface area contributed by atoms with Crippen molar-refractivity contribution in [3.63, 3.8) is 0 Å². The van der Waals surface area contributed by atoms with Crippen LogP contribution in [-0.4, -0.2) is 43.6 Å². The summed E-state index contributed by atoms with van der Waals surface area (Å²) in [5, 5.41) is 3.77.